The zero-order chi connectivity index (χ0) is 100. The van der Waals surface area contributed by atoms with E-state index >= 15 is 0 Å². The molecule has 0 fully saturated rings. The zero-order valence-corrected chi connectivity index (χ0v) is 81.9. The molecule has 7 heterocycles. The molecule has 2 atom stereocenters. The second kappa shape index (κ2) is 72.8. The van der Waals surface area contributed by atoms with Gasteiger partial charge in [0.05, 0.1) is 85.9 Å². The van der Waals surface area contributed by atoms with Crippen molar-refractivity contribution >= 4 is 165 Å². The van der Waals surface area contributed by atoms with E-state index in [1.807, 2.05) is 159 Å². The first kappa shape index (κ1) is 120. The zero-order valence-electron chi connectivity index (χ0n) is 77.1. The number of hydrogen-bond donors (Lipinski definition) is 4. The third-order valence-electron chi connectivity index (χ3n) is 16.5. The number of aliphatic hydroxyl groups is 3. The third kappa shape index (κ3) is 44.0. The van der Waals surface area contributed by atoms with Crippen molar-refractivity contribution in [1.29, 1.82) is 0 Å². The summed E-state index contributed by atoms with van der Waals surface area (Å²) in [5.74, 6) is 4.46. The number of nitrogens with zero attached hydrogens (tertiary/aromatic N) is 7. The van der Waals surface area contributed by atoms with Gasteiger partial charge in [-0.3, -0.25) is 63.0 Å². The van der Waals surface area contributed by atoms with Gasteiger partial charge in [0.1, 0.15) is 93.5 Å². The summed E-state index contributed by atoms with van der Waals surface area (Å²) in [6, 6.07) is 52.1. The molecule has 7 aliphatic rings. The summed E-state index contributed by atoms with van der Waals surface area (Å²) in [4.78, 5) is 141. The van der Waals surface area contributed by atoms with E-state index in [-0.39, 0.29) is 168 Å². The predicted octanol–water partition coefficient (Wildman–Crippen LogP) is 7.99. The lowest BCUT2D eigenvalue weighted by molar-refractivity contribution is -0.145. The molecule has 0 radical (unpaired) electrons. The number of para-hydroxylation sites is 14. The Balaban J connectivity index is 0. The Labute approximate surface area is 798 Å². The fourth-order valence-electron chi connectivity index (χ4n) is 10.6. The summed E-state index contributed by atoms with van der Waals surface area (Å²) in [5.41, 5.74) is 5.50. The molecule has 4 N–H and O–H groups in total. The molecule has 0 aliphatic carbocycles. The Morgan fingerprint density at radius 3 is 0.664 bits per heavy atom. The topological polar surface area (TPSA) is 475 Å². The van der Waals surface area contributed by atoms with Gasteiger partial charge in [0.2, 0.25) is 0 Å². The highest BCUT2D eigenvalue weighted by molar-refractivity contribution is 7.99. The summed E-state index contributed by atoms with van der Waals surface area (Å²) in [6.07, 6.45) is 5.93. The number of aliphatic carboxylic acids is 1. The van der Waals surface area contributed by atoms with Crippen LogP contribution in [0.4, 0.5) is 39.8 Å². The largest absolute Gasteiger partial charge is 0.482 e. The first-order chi connectivity index (χ1) is 64.7. The van der Waals surface area contributed by atoms with E-state index in [4.69, 9.17) is 58.1 Å². The summed E-state index contributed by atoms with van der Waals surface area (Å²) in [6.45, 7) is 2.89. The minimum Gasteiger partial charge on any atom is -0.482 e. The maximum Gasteiger partial charge on any atom is 0.331 e. The van der Waals surface area contributed by atoms with Crippen molar-refractivity contribution in [2.24, 2.45) is 0 Å². The van der Waals surface area contributed by atoms with Crippen LogP contribution in [0.1, 0.15) is 9.78 Å². The minimum atomic E-state index is -0.933. The Bertz CT molecular complexity index is 4180. The van der Waals surface area contributed by atoms with E-state index in [2.05, 4.69) is 66.1 Å². The number of carboxylic acids is 1. The van der Waals surface area contributed by atoms with Crippen LogP contribution >= 0.6 is 54.2 Å². The van der Waals surface area contributed by atoms with E-state index in [1.165, 1.54) is 73.8 Å². The summed E-state index contributed by atoms with van der Waals surface area (Å²) < 4.78 is 84.6. The highest BCUT2D eigenvalue weighted by Crippen LogP contribution is 2.38. The second-order valence-electron chi connectivity index (χ2n) is 25.3. The number of rotatable bonds is 21. The van der Waals surface area contributed by atoms with Gasteiger partial charge in [-0.05, 0) is 120 Å². The summed E-state index contributed by atoms with van der Waals surface area (Å²) in [7, 11) is 19.2. The van der Waals surface area contributed by atoms with Crippen LogP contribution < -0.4 is 67.5 Å². The first-order valence-corrected chi connectivity index (χ1v) is 44.6. The molecule has 7 aliphatic heterocycles. The molecule has 0 bridgehead atoms. The van der Waals surface area contributed by atoms with E-state index in [0.29, 0.717) is 52.8 Å². The van der Waals surface area contributed by atoms with Gasteiger partial charge in [-0.15, -0.1) is 35.3 Å². The van der Waals surface area contributed by atoms with Gasteiger partial charge in [-0.25, -0.2) is 24.0 Å². The average Bonchev–Trinajstić information content (AvgIpc) is 0.884. The number of esters is 4. The number of aliphatic hydroxyl groups excluding tert-OH is 3. The molecular weight excluding hydrogens is 1860 g/mol. The molecule has 742 valence electrons. The van der Waals surface area contributed by atoms with Crippen LogP contribution in [-0.4, -0.2) is 312 Å². The second-order valence-corrected chi connectivity index (χ2v) is 28.6. The quantitative estimate of drug-likeness (QED) is 0.0300. The Kier molecular flexibility index (Phi) is 65.3. The van der Waals surface area contributed by atoms with E-state index in [0.717, 1.165) is 58.5 Å². The van der Waals surface area contributed by atoms with Crippen LogP contribution in [0.25, 0.3) is 0 Å². The first-order valence-electron chi connectivity index (χ1n) is 39.5. The van der Waals surface area contributed by atoms with Gasteiger partial charge in [0.15, 0.2) is 46.2 Å². The molecule has 134 heavy (non-hydrogen) atoms. The normalized spacial score (nSPS) is 12.9. The van der Waals surface area contributed by atoms with Crippen molar-refractivity contribution in [2.75, 3.05) is 255 Å². The SMILES string of the molecule is CCN1C(=O)COc2ccccc21.CO.COCC(=O)O.COCC(=O)OC.COCC(=O)OC.COCC(=O)OC.COCC(=O)OC.COP.CSCN1C(=O)COc2ccccc21.CSCN1C(=O)COc2ccccc21.CSCN1C(=O)COc2ccccc21.O=C1COc2ccccc2N1CO.O=C1COc2ccccc2N1CO.O=C1COc2ccccc2N1COP.[3HH].[3HH]. The fraction of sp³-hybridized carbons (Fsp3) is 0.386. The van der Waals surface area contributed by atoms with Gasteiger partial charge in [0.25, 0.3) is 41.4 Å². The van der Waals surface area contributed by atoms with E-state index in [1.54, 1.807) is 103 Å². The number of carbonyl (C=O) groups is 12. The van der Waals surface area contributed by atoms with Gasteiger partial charge >= 0.3 is 29.8 Å². The highest BCUT2D eigenvalue weighted by Gasteiger charge is 2.30. The van der Waals surface area contributed by atoms with Crippen LogP contribution in [0.3, 0.4) is 0 Å². The van der Waals surface area contributed by atoms with Crippen LogP contribution in [0.15, 0.2) is 170 Å². The number of carboxylic acid groups (broad SMARTS) is 1. The summed E-state index contributed by atoms with van der Waals surface area (Å²) in [5, 5.41) is 32.7. The Morgan fingerprint density at radius 2 is 0.500 bits per heavy atom. The lowest BCUT2D eigenvalue weighted by Gasteiger charge is -2.28. The van der Waals surface area contributed by atoms with E-state index < -0.39 is 5.97 Å². The molecule has 0 aromatic heterocycles. The molecule has 0 saturated carbocycles. The number of carbonyl (C=O) groups excluding carboxylic acids is 11. The molecule has 0 spiro atoms. The Morgan fingerprint density at radius 1 is 0.321 bits per heavy atom. The molecule has 7 aromatic carbocycles. The monoisotopic (exact) mass is 1980 g/mol. The number of methoxy groups -OCH3 is 9. The maximum absolute atomic E-state index is 11.5. The van der Waals surface area contributed by atoms with Crippen LogP contribution in [0.5, 0.6) is 40.2 Å². The lowest BCUT2D eigenvalue weighted by Crippen LogP contribution is -2.39. The fourth-order valence-corrected chi connectivity index (χ4v) is 12.4. The maximum atomic E-state index is 11.5. The molecule has 41 nitrogen and oxygen atoms in total. The summed E-state index contributed by atoms with van der Waals surface area (Å²) >= 11 is 4.88. The predicted molar refractivity (Wildman–Crippen MR) is 516 cm³/mol. The molecule has 14 rings (SSSR count). The van der Waals surface area contributed by atoms with Crippen LogP contribution in [-0.2, 0) is 109 Å². The van der Waals surface area contributed by atoms with Crippen LogP contribution in [0.2, 0.25) is 0 Å². The van der Waals surface area contributed by atoms with Crippen molar-refractivity contribution in [3.8, 4) is 40.2 Å². The minimum absolute atomic E-state index is 0. The van der Waals surface area contributed by atoms with Gasteiger partial charge in [-0.1, -0.05) is 84.9 Å². The number of ether oxygens (including phenoxy) is 16. The molecule has 7 amide bonds. The number of likely N-dealkylation sites (N-methyl/N-ethyl adjacent to an activating group) is 1. The van der Waals surface area contributed by atoms with Crippen LogP contribution in [0, 0.1) is 0 Å². The van der Waals surface area contributed by atoms with Crippen molar-refractivity contribution in [2.45, 2.75) is 6.92 Å². The van der Waals surface area contributed by atoms with E-state index in [9.17, 15) is 57.5 Å². The molecule has 2 unspecified atom stereocenters. The van der Waals surface area contributed by atoms with Crippen molar-refractivity contribution < 1.29 is 166 Å². The number of benzene rings is 7. The number of fused-ring (bicyclic) bond motifs is 7. The molecule has 0 saturated heterocycles. The van der Waals surface area contributed by atoms with Gasteiger partial charge in [0, 0.05) is 68.6 Å². The lowest BCUT2D eigenvalue weighted by atomic mass is 10.2. The van der Waals surface area contributed by atoms with Gasteiger partial charge < -0.3 is 110 Å². The van der Waals surface area contributed by atoms with Gasteiger partial charge in [-0.2, -0.15) is 0 Å². The third-order valence-corrected chi connectivity index (χ3v) is 18.2. The molecular formula is C88H123N7O34P2S3. The molecule has 7 aromatic rings. The number of amides is 7. The number of hydrogen-bond acceptors (Lipinski definition) is 36. The highest BCUT2D eigenvalue weighted by atomic mass is 32.2. The number of thioether (sulfide) groups is 3. The molecule has 46 heteroatoms. The average molecular weight is 1990 g/mol. The van der Waals surface area contributed by atoms with Crippen molar-refractivity contribution in [3.05, 3.63) is 170 Å². The Hall–Kier alpha value is -11.7. The standard InChI is InChI=1S/3C10H11NO2S.C10H11NO2.C9H10NO3P.2C9H9NO3.4C4H8O3.C3H6O3.CH5OP.CH4O.2H2/c3*1-14-7-11-8-4-2-3-5-9(8)13-6-10(11)12;1-2-11-8-5-3-4-6-9(8)13-7-10(11)12;11-9-5-12-8-4-2-1-3-7(8)10(9)6-13-14;2*11-6-10-7-3-1-2-4-8(7)13-5-9(10)12;4*1-6-3-4(5)7-2;1-6-2-3(4)5;1-2-3;1-2;;/h3*2-5H,6-7H2,1H3;3-6H,2,7H2,1H3;1-4H,5-6,14H2;2*1-4,11H,5-6H2;4*3H2,1-2H3;2H2,1H3,(H,4,5);3H2,1H3;2H,1H3;2*1H/i;;;;;;;;;;;;;;2*1+2. The smallest absolute Gasteiger partial charge is 0.331 e. The number of anilines is 7. The van der Waals surface area contributed by atoms with Crippen molar-refractivity contribution in [1.82, 2.24) is 0 Å². The van der Waals surface area contributed by atoms with Crippen molar-refractivity contribution in [3.63, 3.8) is 0 Å².